The van der Waals surface area contributed by atoms with Gasteiger partial charge < -0.3 is 5.32 Å². The van der Waals surface area contributed by atoms with Crippen molar-refractivity contribution in [2.75, 3.05) is 5.32 Å². The van der Waals surface area contributed by atoms with Crippen molar-refractivity contribution in [2.45, 2.75) is 76.3 Å². The monoisotopic (exact) mass is 352 g/mol. The Morgan fingerprint density at radius 2 is 1.77 bits per heavy atom. The molecule has 2 heterocycles. The molecular formula is C21H28N4O. The van der Waals surface area contributed by atoms with Crippen molar-refractivity contribution in [3.05, 3.63) is 40.3 Å². The van der Waals surface area contributed by atoms with E-state index in [0.717, 1.165) is 25.7 Å². The minimum absolute atomic E-state index is 0.0338. The first-order valence-electron chi connectivity index (χ1n) is 10.1. The summed E-state index contributed by atoms with van der Waals surface area (Å²) in [6.07, 6.45) is 15.7. The highest BCUT2D eigenvalue weighted by Crippen LogP contribution is 2.23. The first-order chi connectivity index (χ1) is 12.8. The van der Waals surface area contributed by atoms with Gasteiger partial charge >= 0.3 is 0 Å². The maximum absolute atomic E-state index is 13.1. The highest BCUT2D eigenvalue weighted by atomic mass is 16.1. The van der Waals surface area contributed by atoms with E-state index in [9.17, 15) is 4.79 Å². The van der Waals surface area contributed by atoms with Gasteiger partial charge in [0.25, 0.3) is 5.56 Å². The molecule has 5 heteroatoms. The molecule has 2 aliphatic carbocycles. The molecule has 2 aliphatic rings. The molecule has 2 fully saturated rings. The lowest BCUT2D eigenvalue weighted by molar-refractivity contribution is 0.444. The van der Waals surface area contributed by atoms with E-state index in [2.05, 4.69) is 5.32 Å². The van der Waals surface area contributed by atoms with Crippen molar-refractivity contribution in [2.24, 2.45) is 4.99 Å². The van der Waals surface area contributed by atoms with Gasteiger partial charge in [0.15, 0.2) is 0 Å². The van der Waals surface area contributed by atoms with Crippen LogP contribution in [0, 0.1) is 0 Å². The Morgan fingerprint density at radius 3 is 2.54 bits per heavy atom. The van der Waals surface area contributed by atoms with E-state index in [1.807, 2.05) is 18.2 Å². The van der Waals surface area contributed by atoms with Crippen LogP contribution in [0.2, 0.25) is 0 Å². The summed E-state index contributed by atoms with van der Waals surface area (Å²) >= 11 is 0. The highest BCUT2D eigenvalue weighted by Gasteiger charge is 2.18. The lowest BCUT2D eigenvalue weighted by atomic mass is 9.95. The van der Waals surface area contributed by atoms with E-state index in [1.165, 1.54) is 38.5 Å². The lowest BCUT2D eigenvalue weighted by Crippen LogP contribution is -2.28. The predicted molar refractivity (Wildman–Crippen MR) is 106 cm³/mol. The highest BCUT2D eigenvalue weighted by molar-refractivity contribution is 5.86. The third-order valence-corrected chi connectivity index (χ3v) is 5.70. The second-order valence-corrected chi connectivity index (χ2v) is 7.66. The average molecular weight is 352 g/mol. The molecule has 2 aromatic heterocycles. The van der Waals surface area contributed by atoms with Gasteiger partial charge in [-0.05, 0) is 37.8 Å². The van der Waals surface area contributed by atoms with Crippen LogP contribution in [-0.2, 0) is 0 Å². The zero-order valence-corrected chi connectivity index (χ0v) is 15.4. The summed E-state index contributed by atoms with van der Waals surface area (Å²) in [6.45, 7) is 0. The normalized spacial score (nSPS) is 20.0. The summed E-state index contributed by atoms with van der Waals surface area (Å²) in [7, 11) is 0. The summed E-state index contributed by atoms with van der Waals surface area (Å²) in [6, 6.07) is 6.43. The molecule has 4 rings (SSSR count). The molecule has 0 aliphatic heterocycles. The fraction of sp³-hybridized carbons (Fsp3) is 0.571. The van der Waals surface area contributed by atoms with Gasteiger partial charge in [-0.15, -0.1) is 0 Å². The number of rotatable bonds is 4. The third kappa shape index (κ3) is 3.81. The average Bonchev–Trinajstić information content (AvgIpc) is 2.69. The largest absolute Gasteiger partial charge is 0.367 e. The SMILES string of the molecule is O=c1c(/C=N/C2CCCCC2)c(NC2CCCCC2)nc2ccccn12. The first-order valence-corrected chi connectivity index (χ1v) is 10.1. The van der Waals surface area contributed by atoms with Crippen molar-refractivity contribution < 1.29 is 0 Å². The van der Waals surface area contributed by atoms with E-state index < -0.39 is 0 Å². The lowest BCUT2D eigenvalue weighted by Gasteiger charge is -2.24. The number of aromatic nitrogens is 2. The second-order valence-electron chi connectivity index (χ2n) is 7.66. The number of aliphatic imine (C=N–C) groups is 1. The van der Waals surface area contributed by atoms with Crippen LogP contribution in [0.25, 0.3) is 5.65 Å². The molecule has 138 valence electrons. The number of pyridine rings is 1. The van der Waals surface area contributed by atoms with Crippen molar-refractivity contribution in [1.29, 1.82) is 0 Å². The van der Waals surface area contributed by atoms with E-state index in [1.54, 1.807) is 16.8 Å². The minimum Gasteiger partial charge on any atom is -0.367 e. The zero-order valence-electron chi connectivity index (χ0n) is 15.4. The summed E-state index contributed by atoms with van der Waals surface area (Å²) in [5.41, 5.74) is 1.25. The number of anilines is 1. The maximum Gasteiger partial charge on any atom is 0.268 e. The van der Waals surface area contributed by atoms with Crippen molar-refractivity contribution in [3.63, 3.8) is 0 Å². The van der Waals surface area contributed by atoms with Gasteiger partial charge in [-0.2, -0.15) is 0 Å². The second kappa shape index (κ2) is 8.02. The Kier molecular flexibility index (Phi) is 5.32. The van der Waals surface area contributed by atoms with E-state index in [-0.39, 0.29) is 5.56 Å². The zero-order chi connectivity index (χ0) is 17.8. The first kappa shape index (κ1) is 17.3. The summed E-state index contributed by atoms with van der Waals surface area (Å²) in [4.78, 5) is 22.6. The van der Waals surface area contributed by atoms with Gasteiger partial charge in [0.1, 0.15) is 17.0 Å². The van der Waals surface area contributed by atoms with Crippen LogP contribution in [0.1, 0.15) is 69.8 Å². The molecule has 0 radical (unpaired) electrons. The third-order valence-electron chi connectivity index (χ3n) is 5.70. The number of nitrogens with zero attached hydrogens (tertiary/aromatic N) is 3. The van der Waals surface area contributed by atoms with Crippen LogP contribution >= 0.6 is 0 Å². The topological polar surface area (TPSA) is 58.8 Å². The molecule has 2 saturated carbocycles. The molecule has 0 saturated heterocycles. The Balaban J connectivity index is 1.69. The van der Waals surface area contributed by atoms with E-state index in [4.69, 9.17) is 9.98 Å². The Bertz CT molecular complexity index is 830. The number of fused-ring (bicyclic) bond motifs is 1. The van der Waals surface area contributed by atoms with Crippen LogP contribution in [0.5, 0.6) is 0 Å². The Hall–Kier alpha value is -2.17. The van der Waals surface area contributed by atoms with Crippen LogP contribution in [-0.4, -0.2) is 27.7 Å². The predicted octanol–water partition coefficient (Wildman–Crippen LogP) is 4.19. The molecule has 0 amide bonds. The Labute approximate surface area is 154 Å². The standard InChI is InChI=1S/C21H28N4O/c26-21-18(15-22-16-9-3-1-4-10-16)20(23-17-11-5-2-6-12-17)24-19-13-7-8-14-25(19)21/h7-8,13-17,23H,1-6,9-12H2/b22-15+. The fourth-order valence-corrected chi connectivity index (χ4v) is 4.18. The molecule has 0 bridgehead atoms. The molecule has 0 unspecified atom stereocenters. The number of hydrogen-bond donors (Lipinski definition) is 1. The fourth-order valence-electron chi connectivity index (χ4n) is 4.18. The van der Waals surface area contributed by atoms with Gasteiger partial charge in [-0.25, -0.2) is 4.98 Å². The molecule has 0 aromatic carbocycles. The number of hydrogen-bond acceptors (Lipinski definition) is 4. The van der Waals surface area contributed by atoms with Crippen molar-refractivity contribution >= 4 is 17.7 Å². The van der Waals surface area contributed by atoms with Gasteiger partial charge in [0, 0.05) is 24.5 Å². The molecule has 2 aromatic rings. The molecule has 0 atom stereocenters. The summed E-state index contributed by atoms with van der Waals surface area (Å²) < 4.78 is 1.62. The van der Waals surface area contributed by atoms with Gasteiger partial charge in [-0.3, -0.25) is 14.2 Å². The summed E-state index contributed by atoms with van der Waals surface area (Å²) in [5, 5.41) is 3.55. The van der Waals surface area contributed by atoms with E-state index in [0.29, 0.717) is 29.1 Å². The van der Waals surface area contributed by atoms with Crippen LogP contribution in [0.4, 0.5) is 5.82 Å². The van der Waals surface area contributed by atoms with E-state index >= 15 is 0 Å². The molecular weight excluding hydrogens is 324 g/mol. The minimum atomic E-state index is -0.0338. The van der Waals surface area contributed by atoms with Crippen molar-refractivity contribution in [3.8, 4) is 0 Å². The van der Waals surface area contributed by atoms with Crippen LogP contribution < -0.4 is 10.9 Å². The molecule has 5 nitrogen and oxygen atoms in total. The van der Waals surface area contributed by atoms with Gasteiger partial charge in [0.05, 0.1) is 0 Å². The number of nitrogens with one attached hydrogen (secondary N) is 1. The van der Waals surface area contributed by atoms with Crippen molar-refractivity contribution in [1.82, 2.24) is 9.38 Å². The molecule has 26 heavy (non-hydrogen) atoms. The van der Waals surface area contributed by atoms with Gasteiger partial charge in [-0.1, -0.05) is 44.6 Å². The molecule has 0 spiro atoms. The quantitative estimate of drug-likeness (QED) is 0.839. The van der Waals surface area contributed by atoms with Crippen LogP contribution in [0.3, 0.4) is 0 Å². The summed E-state index contributed by atoms with van der Waals surface area (Å²) in [5.74, 6) is 0.702. The smallest absolute Gasteiger partial charge is 0.268 e. The Morgan fingerprint density at radius 1 is 1.04 bits per heavy atom. The van der Waals surface area contributed by atoms with Gasteiger partial charge in [0.2, 0.25) is 0 Å². The van der Waals surface area contributed by atoms with Crippen LogP contribution in [0.15, 0.2) is 34.2 Å². The molecule has 1 N–H and O–H groups in total. The maximum atomic E-state index is 13.1.